The van der Waals surface area contributed by atoms with E-state index in [1.807, 2.05) is 13.8 Å². The molecule has 0 saturated carbocycles. The number of carboxylic acids is 1. The lowest BCUT2D eigenvalue weighted by atomic mass is 9.91. The number of nitrogens with one attached hydrogen (secondary N) is 1. The van der Waals surface area contributed by atoms with E-state index in [4.69, 9.17) is 9.84 Å². The minimum Gasteiger partial charge on any atom is -0.480 e. The van der Waals surface area contributed by atoms with Gasteiger partial charge >= 0.3 is 5.97 Å². The lowest BCUT2D eigenvalue weighted by molar-refractivity contribution is -0.144. The predicted octanol–water partition coefficient (Wildman–Crippen LogP) is 1.50. The molecule has 2 N–H and O–H groups in total. The van der Waals surface area contributed by atoms with Crippen molar-refractivity contribution in [1.29, 1.82) is 0 Å². The van der Waals surface area contributed by atoms with Crippen molar-refractivity contribution in [3.05, 3.63) is 0 Å². The van der Waals surface area contributed by atoms with Gasteiger partial charge < -0.3 is 15.2 Å². The Kier molecular flexibility index (Phi) is 6.52. The molecule has 0 heterocycles. The average molecular weight is 217 g/mol. The molecule has 15 heavy (non-hydrogen) atoms. The van der Waals surface area contributed by atoms with Gasteiger partial charge in [-0.3, -0.25) is 4.79 Å². The summed E-state index contributed by atoms with van der Waals surface area (Å²) in [5.74, 6) is -0.422. The number of rotatable bonds is 8. The van der Waals surface area contributed by atoms with Gasteiger partial charge in [0.25, 0.3) is 0 Å². The maximum Gasteiger partial charge on any atom is 0.323 e. The zero-order valence-electron chi connectivity index (χ0n) is 10.2. The summed E-state index contributed by atoms with van der Waals surface area (Å²) in [6.07, 6.45) is 1.47. The largest absolute Gasteiger partial charge is 0.480 e. The molecule has 0 aromatic heterocycles. The fraction of sp³-hybridized carbons (Fsp3) is 0.909. The second-order valence-corrected chi connectivity index (χ2v) is 4.51. The van der Waals surface area contributed by atoms with Crippen LogP contribution in [0.5, 0.6) is 0 Å². The Hall–Kier alpha value is -0.610. The molecule has 0 bridgehead atoms. The predicted molar refractivity (Wildman–Crippen MR) is 60.0 cm³/mol. The molecule has 0 spiro atoms. The van der Waals surface area contributed by atoms with Gasteiger partial charge in [0, 0.05) is 13.7 Å². The van der Waals surface area contributed by atoms with Gasteiger partial charge in [0.15, 0.2) is 0 Å². The number of methoxy groups -OCH3 is 1. The normalized spacial score (nSPS) is 15.3. The van der Waals surface area contributed by atoms with Crippen LogP contribution in [0.15, 0.2) is 0 Å². The van der Waals surface area contributed by atoms with Gasteiger partial charge in [0.05, 0.1) is 0 Å². The second kappa shape index (κ2) is 6.80. The summed E-state index contributed by atoms with van der Waals surface area (Å²) in [5, 5.41) is 12.2. The number of carbonyl (C=O) groups is 1. The summed E-state index contributed by atoms with van der Waals surface area (Å²) in [4.78, 5) is 11.1. The Labute approximate surface area is 92.0 Å². The van der Waals surface area contributed by atoms with E-state index in [9.17, 15) is 4.79 Å². The van der Waals surface area contributed by atoms with Crippen LogP contribution in [0.3, 0.4) is 0 Å². The molecule has 1 unspecified atom stereocenters. The summed E-state index contributed by atoms with van der Waals surface area (Å²) in [7, 11) is 1.64. The molecule has 90 valence electrons. The Morgan fingerprint density at radius 2 is 2.13 bits per heavy atom. The fourth-order valence-electron chi connectivity index (χ4n) is 1.63. The first-order valence-electron chi connectivity index (χ1n) is 5.39. The molecule has 0 aromatic carbocycles. The summed E-state index contributed by atoms with van der Waals surface area (Å²) in [5.41, 5.74) is -0.818. The third-order valence-corrected chi connectivity index (χ3v) is 2.33. The van der Waals surface area contributed by atoms with Crippen LogP contribution in [0.2, 0.25) is 0 Å². The summed E-state index contributed by atoms with van der Waals surface area (Å²) >= 11 is 0. The molecule has 0 aromatic rings. The van der Waals surface area contributed by atoms with E-state index < -0.39 is 11.5 Å². The number of hydrogen-bond acceptors (Lipinski definition) is 3. The van der Waals surface area contributed by atoms with Crippen molar-refractivity contribution in [1.82, 2.24) is 5.32 Å². The van der Waals surface area contributed by atoms with Gasteiger partial charge in [-0.2, -0.15) is 0 Å². The van der Waals surface area contributed by atoms with Crippen molar-refractivity contribution < 1.29 is 14.6 Å². The highest BCUT2D eigenvalue weighted by atomic mass is 16.5. The van der Waals surface area contributed by atoms with Crippen molar-refractivity contribution in [2.24, 2.45) is 5.92 Å². The minimum atomic E-state index is -0.818. The third kappa shape index (κ3) is 5.74. The van der Waals surface area contributed by atoms with Crippen molar-refractivity contribution in [2.75, 3.05) is 20.3 Å². The molecule has 4 nitrogen and oxygen atoms in total. The first kappa shape index (κ1) is 14.4. The number of aliphatic carboxylic acids is 1. The van der Waals surface area contributed by atoms with Crippen LogP contribution in [0.4, 0.5) is 0 Å². The van der Waals surface area contributed by atoms with Gasteiger partial charge in [-0.1, -0.05) is 13.8 Å². The molecule has 1 atom stereocenters. The van der Waals surface area contributed by atoms with E-state index in [0.29, 0.717) is 25.5 Å². The molecule has 0 amide bonds. The van der Waals surface area contributed by atoms with Crippen LogP contribution in [-0.4, -0.2) is 36.9 Å². The van der Waals surface area contributed by atoms with Crippen molar-refractivity contribution in [3.63, 3.8) is 0 Å². The summed E-state index contributed by atoms with van der Waals surface area (Å²) < 4.78 is 4.91. The van der Waals surface area contributed by atoms with Crippen LogP contribution in [0, 0.1) is 5.92 Å². The Morgan fingerprint density at radius 3 is 2.53 bits per heavy atom. The maximum absolute atomic E-state index is 11.1. The summed E-state index contributed by atoms with van der Waals surface area (Å²) in [6.45, 7) is 7.12. The topological polar surface area (TPSA) is 58.6 Å². The Bertz CT molecular complexity index is 194. The molecule has 4 heteroatoms. The van der Waals surface area contributed by atoms with Gasteiger partial charge in [-0.15, -0.1) is 0 Å². The van der Waals surface area contributed by atoms with Crippen LogP contribution in [0.1, 0.15) is 33.6 Å². The van der Waals surface area contributed by atoms with Gasteiger partial charge in [0.1, 0.15) is 5.54 Å². The van der Waals surface area contributed by atoms with E-state index in [1.54, 1.807) is 14.0 Å². The van der Waals surface area contributed by atoms with Crippen molar-refractivity contribution >= 4 is 5.97 Å². The summed E-state index contributed by atoms with van der Waals surface area (Å²) in [6, 6.07) is 0. The van der Waals surface area contributed by atoms with Crippen molar-refractivity contribution in [2.45, 2.75) is 39.2 Å². The number of ether oxygens (including phenoxy) is 1. The molecule has 0 fully saturated rings. The quantitative estimate of drug-likeness (QED) is 0.605. The average Bonchev–Trinajstić information content (AvgIpc) is 2.11. The Balaban J connectivity index is 4.08. The maximum atomic E-state index is 11.1. The van der Waals surface area contributed by atoms with Crippen LogP contribution < -0.4 is 5.32 Å². The van der Waals surface area contributed by atoms with Gasteiger partial charge in [0.2, 0.25) is 0 Å². The smallest absolute Gasteiger partial charge is 0.323 e. The third-order valence-electron chi connectivity index (χ3n) is 2.33. The molecular formula is C11H23NO3. The molecule has 0 aliphatic carbocycles. The van der Waals surface area contributed by atoms with E-state index >= 15 is 0 Å². The molecular weight excluding hydrogens is 194 g/mol. The Morgan fingerprint density at radius 1 is 1.53 bits per heavy atom. The first-order chi connectivity index (χ1) is 6.92. The van der Waals surface area contributed by atoms with Crippen molar-refractivity contribution in [3.8, 4) is 0 Å². The van der Waals surface area contributed by atoms with Gasteiger partial charge in [-0.05, 0) is 32.2 Å². The highest BCUT2D eigenvalue weighted by molar-refractivity contribution is 5.78. The SMILES string of the molecule is COCCCNC(C)(CC(C)C)C(=O)O. The van der Waals surface area contributed by atoms with E-state index in [2.05, 4.69) is 5.32 Å². The first-order valence-corrected chi connectivity index (χ1v) is 5.39. The van der Waals surface area contributed by atoms with Crippen LogP contribution in [0.25, 0.3) is 0 Å². The second-order valence-electron chi connectivity index (χ2n) is 4.51. The molecule has 0 radical (unpaired) electrons. The fourth-order valence-corrected chi connectivity index (χ4v) is 1.63. The van der Waals surface area contributed by atoms with E-state index in [0.717, 1.165) is 6.42 Å². The molecule has 0 rings (SSSR count). The number of hydrogen-bond donors (Lipinski definition) is 2. The zero-order valence-corrected chi connectivity index (χ0v) is 10.2. The molecule has 0 saturated heterocycles. The monoisotopic (exact) mass is 217 g/mol. The highest BCUT2D eigenvalue weighted by Gasteiger charge is 2.32. The zero-order chi connectivity index (χ0) is 11.9. The van der Waals surface area contributed by atoms with Crippen LogP contribution in [-0.2, 0) is 9.53 Å². The molecule has 0 aliphatic heterocycles. The van der Waals surface area contributed by atoms with E-state index in [-0.39, 0.29) is 0 Å². The minimum absolute atomic E-state index is 0.362. The van der Waals surface area contributed by atoms with E-state index in [1.165, 1.54) is 0 Å². The lowest BCUT2D eigenvalue weighted by Crippen LogP contribution is -2.50. The standard InChI is InChI=1S/C11H23NO3/c1-9(2)8-11(3,10(13)14)12-6-5-7-15-4/h9,12H,5-8H2,1-4H3,(H,13,14). The lowest BCUT2D eigenvalue weighted by Gasteiger charge is -2.28. The van der Waals surface area contributed by atoms with Gasteiger partial charge in [-0.25, -0.2) is 0 Å². The molecule has 0 aliphatic rings. The highest BCUT2D eigenvalue weighted by Crippen LogP contribution is 2.16. The number of carboxylic acid groups (broad SMARTS) is 1. The van der Waals surface area contributed by atoms with Crippen LogP contribution >= 0.6 is 0 Å².